The van der Waals surface area contributed by atoms with Gasteiger partial charge < -0.3 is 19.7 Å². The van der Waals surface area contributed by atoms with E-state index >= 15 is 0 Å². The molecular weight excluding hydrogens is 416 g/mol. The number of aliphatic hydroxyl groups is 2. The molecule has 5 nitrogen and oxygen atoms in total. The van der Waals surface area contributed by atoms with E-state index in [1.807, 2.05) is 36.4 Å². The van der Waals surface area contributed by atoms with Gasteiger partial charge in [0.25, 0.3) is 5.79 Å². The normalized spacial score (nSPS) is 50.2. The molecule has 5 heteroatoms. The summed E-state index contributed by atoms with van der Waals surface area (Å²) in [6.45, 7) is 6.79. The highest BCUT2D eigenvalue weighted by molar-refractivity contribution is 6.01. The van der Waals surface area contributed by atoms with Crippen LogP contribution in [-0.2, 0) is 9.53 Å². The van der Waals surface area contributed by atoms with Crippen molar-refractivity contribution in [1.82, 2.24) is 0 Å². The Bertz CT molecular complexity index is 1040. The third-order valence-corrected chi connectivity index (χ3v) is 10.1. The van der Waals surface area contributed by atoms with Gasteiger partial charge in [-0.15, -0.1) is 0 Å². The van der Waals surface area contributed by atoms with Gasteiger partial charge in [-0.05, 0) is 67.7 Å². The Balaban J connectivity index is 1.38. The second-order valence-electron chi connectivity index (χ2n) is 11.6. The van der Waals surface area contributed by atoms with E-state index in [4.69, 9.17) is 9.47 Å². The molecule has 1 heterocycles. The fourth-order valence-electron chi connectivity index (χ4n) is 8.57. The summed E-state index contributed by atoms with van der Waals surface area (Å²) >= 11 is 0. The third-order valence-electron chi connectivity index (χ3n) is 10.1. The van der Waals surface area contributed by atoms with Crippen molar-refractivity contribution in [2.24, 2.45) is 34.5 Å². The Hall–Kier alpha value is -1.95. The van der Waals surface area contributed by atoms with E-state index in [9.17, 15) is 15.0 Å². The van der Waals surface area contributed by atoms with Crippen LogP contribution in [-0.4, -0.2) is 40.1 Å². The molecule has 0 radical (unpaired) electrons. The fourth-order valence-corrected chi connectivity index (χ4v) is 8.57. The summed E-state index contributed by atoms with van der Waals surface area (Å²) in [6.07, 6.45) is 8.07. The Morgan fingerprint density at radius 2 is 1.91 bits per heavy atom. The number of carbonyl (C=O) groups is 1. The van der Waals surface area contributed by atoms with Crippen LogP contribution in [0, 0.1) is 34.5 Å². The average molecular weight is 451 g/mol. The van der Waals surface area contributed by atoms with Gasteiger partial charge in [-0.25, -0.2) is 0 Å². The number of aliphatic hydroxyl groups excluding tert-OH is 1. The Morgan fingerprint density at radius 1 is 1.18 bits per heavy atom. The highest BCUT2D eigenvalue weighted by Gasteiger charge is 2.79. The van der Waals surface area contributed by atoms with Crippen LogP contribution in [0.3, 0.4) is 0 Å². The van der Waals surface area contributed by atoms with Gasteiger partial charge in [-0.3, -0.25) is 4.79 Å². The van der Waals surface area contributed by atoms with Crippen molar-refractivity contribution < 1.29 is 24.5 Å². The van der Waals surface area contributed by atoms with E-state index in [2.05, 4.69) is 20.8 Å². The molecule has 1 aromatic carbocycles. The maximum atomic E-state index is 12.5. The number of allylic oxidation sites excluding steroid dienone is 4. The summed E-state index contributed by atoms with van der Waals surface area (Å²) in [5.41, 5.74) is -0.906. The summed E-state index contributed by atoms with van der Waals surface area (Å²) in [7, 11) is 0. The molecule has 2 N–H and O–H groups in total. The zero-order valence-electron chi connectivity index (χ0n) is 19.7. The molecule has 0 unspecified atom stereocenters. The molecule has 6 rings (SSSR count). The second kappa shape index (κ2) is 6.80. The monoisotopic (exact) mass is 450 g/mol. The van der Waals surface area contributed by atoms with E-state index in [0.29, 0.717) is 18.8 Å². The number of fused-ring (bicyclic) bond motifs is 5. The minimum absolute atomic E-state index is 0.0297. The molecule has 4 fully saturated rings. The number of rotatable bonds is 3. The molecule has 0 bridgehead atoms. The van der Waals surface area contributed by atoms with Gasteiger partial charge >= 0.3 is 0 Å². The van der Waals surface area contributed by atoms with Gasteiger partial charge in [-0.2, -0.15) is 0 Å². The number of carbonyl (C=O) groups excluding carboxylic acids is 1. The van der Waals surface area contributed by atoms with Crippen molar-refractivity contribution in [2.75, 3.05) is 6.61 Å². The molecule has 1 aromatic rings. The predicted molar refractivity (Wildman–Crippen MR) is 123 cm³/mol. The molecule has 9 atom stereocenters. The number of epoxide rings is 1. The number of ether oxygens (including phenoxy) is 2. The first-order valence-electron chi connectivity index (χ1n) is 12.4. The van der Waals surface area contributed by atoms with Crippen molar-refractivity contribution in [3.8, 4) is 5.75 Å². The quantitative estimate of drug-likeness (QED) is 0.680. The standard InChI is InChI=1S/C28H34O5/c1-17-13-22-21-10-9-18-14-19(29)11-12-25(18,2)24(21)23(30)15-26(22,3)28(17,31)27(16-32-27)33-20-7-5-4-6-8-20/h4-8,11-12,14,17,21-24,30-31H,9-10,13,15-16H2,1-3H3/t17-,21-,22-,23-,24+,25-,26-,27+,28+/m0/s1. The minimum Gasteiger partial charge on any atom is -0.457 e. The van der Waals surface area contributed by atoms with E-state index in [1.165, 1.54) is 0 Å². The van der Waals surface area contributed by atoms with Crippen molar-refractivity contribution in [3.63, 3.8) is 0 Å². The van der Waals surface area contributed by atoms with Crippen LogP contribution in [0.5, 0.6) is 5.75 Å². The van der Waals surface area contributed by atoms with Crippen LogP contribution in [0.1, 0.15) is 46.5 Å². The predicted octanol–water partition coefficient (Wildman–Crippen LogP) is 4.05. The lowest BCUT2D eigenvalue weighted by Crippen LogP contribution is -2.65. The highest BCUT2D eigenvalue weighted by Crippen LogP contribution is 2.71. The topological polar surface area (TPSA) is 79.3 Å². The summed E-state index contributed by atoms with van der Waals surface area (Å²) < 4.78 is 12.3. The Labute approximate surface area is 195 Å². The fraction of sp³-hybridized carbons (Fsp3) is 0.607. The Morgan fingerprint density at radius 3 is 2.61 bits per heavy atom. The zero-order chi connectivity index (χ0) is 23.2. The van der Waals surface area contributed by atoms with Crippen molar-refractivity contribution in [3.05, 3.63) is 54.1 Å². The number of hydrogen-bond acceptors (Lipinski definition) is 5. The van der Waals surface area contributed by atoms with Crippen molar-refractivity contribution in [2.45, 2.75) is 63.9 Å². The van der Waals surface area contributed by atoms with Gasteiger partial charge in [0.1, 0.15) is 18.0 Å². The second-order valence-corrected chi connectivity index (χ2v) is 11.6. The summed E-state index contributed by atoms with van der Waals surface area (Å²) in [4.78, 5) is 12.0. The van der Waals surface area contributed by atoms with Crippen LogP contribution < -0.4 is 4.74 Å². The van der Waals surface area contributed by atoms with E-state index in [1.54, 1.807) is 12.2 Å². The third kappa shape index (κ3) is 2.67. The summed E-state index contributed by atoms with van der Waals surface area (Å²) in [6, 6.07) is 9.57. The number of benzene rings is 1. The minimum atomic E-state index is -1.21. The molecule has 5 aliphatic rings. The maximum Gasteiger partial charge on any atom is 0.264 e. The SMILES string of the molecule is C[C@H]1C[C@H]2[C@@H]3CCC4=CC(=O)C=C[C@]4(C)[C@H]3[C@@H](O)C[C@]2(C)[C@@]1(O)[C@]1(Oc2ccccc2)CO1. The van der Waals surface area contributed by atoms with Gasteiger partial charge in [-0.1, -0.05) is 50.6 Å². The van der Waals surface area contributed by atoms with Crippen LogP contribution in [0.4, 0.5) is 0 Å². The molecule has 176 valence electrons. The Kier molecular flexibility index (Phi) is 4.45. The van der Waals surface area contributed by atoms with E-state index < -0.39 is 22.9 Å². The lowest BCUT2D eigenvalue weighted by Gasteiger charge is -2.60. The van der Waals surface area contributed by atoms with E-state index in [0.717, 1.165) is 24.8 Å². The number of ketones is 1. The molecule has 3 saturated carbocycles. The average Bonchev–Trinajstić information content (AvgIpc) is 3.53. The van der Waals surface area contributed by atoms with Gasteiger partial charge in [0.2, 0.25) is 0 Å². The van der Waals surface area contributed by atoms with Crippen LogP contribution in [0.25, 0.3) is 0 Å². The smallest absolute Gasteiger partial charge is 0.264 e. The largest absolute Gasteiger partial charge is 0.457 e. The molecule has 0 amide bonds. The molecular formula is C28H34O5. The van der Waals surface area contributed by atoms with Gasteiger partial charge in [0.15, 0.2) is 5.78 Å². The van der Waals surface area contributed by atoms with Gasteiger partial charge in [0.05, 0.1) is 6.10 Å². The lowest BCUT2D eigenvalue weighted by molar-refractivity contribution is -0.235. The summed E-state index contributed by atoms with van der Waals surface area (Å²) in [5.74, 6) is 0.182. The number of para-hydroxylation sites is 1. The van der Waals surface area contributed by atoms with Crippen LogP contribution in [0.15, 0.2) is 54.1 Å². The molecule has 0 aromatic heterocycles. The van der Waals surface area contributed by atoms with Crippen LogP contribution in [0.2, 0.25) is 0 Å². The molecule has 33 heavy (non-hydrogen) atoms. The van der Waals surface area contributed by atoms with Crippen molar-refractivity contribution in [1.29, 1.82) is 0 Å². The molecule has 1 saturated heterocycles. The van der Waals surface area contributed by atoms with E-state index in [-0.39, 0.29) is 34.9 Å². The van der Waals surface area contributed by atoms with Crippen LogP contribution >= 0.6 is 0 Å². The number of hydrogen-bond donors (Lipinski definition) is 2. The summed E-state index contributed by atoms with van der Waals surface area (Å²) in [5, 5.41) is 24.1. The molecule has 0 spiro atoms. The first kappa shape index (κ1) is 21.6. The first-order valence-corrected chi connectivity index (χ1v) is 12.4. The lowest BCUT2D eigenvalue weighted by atomic mass is 9.46. The maximum absolute atomic E-state index is 12.5. The van der Waals surface area contributed by atoms with Gasteiger partial charge in [0, 0.05) is 16.7 Å². The molecule has 1 aliphatic heterocycles. The molecule has 4 aliphatic carbocycles. The highest BCUT2D eigenvalue weighted by atomic mass is 16.8. The van der Waals surface area contributed by atoms with Crippen molar-refractivity contribution >= 4 is 5.78 Å². The zero-order valence-corrected chi connectivity index (χ0v) is 19.7. The first-order chi connectivity index (χ1) is 15.6.